The van der Waals surface area contributed by atoms with E-state index < -0.39 is 0 Å². The van der Waals surface area contributed by atoms with Crippen molar-refractivity contribution in [1.82, 2.24) is 4.98 Å². The summed E-state index contributed by atoms with van der Waals surface area (Å²) in [6.45, 7) is 10.3. The summed E-state index contributed by atoms with van der Waals surface area (Å²) in [6.07, 6.45) is 0. The average Bonchev–Trinajstić information content (AvgIpc) is 2.25. The second-order valence-corrected chi connectivity index (χ2v) is 6.69. The lowest BCUT2D eigenvalue weighted by molar-refractivity contribution is -0.133. The highest BCUT2D eigenvalue weighted by molar-refractivity contribution is 6.31. The summed E-state index contributed by atoms with van der Waals surface area (Å²) in [4.78, 5) is 6.79. The second-order valence-electron chi connectivity index (χ2n) is 6.28. The van der Waals surface area contributed by atoms with Crippen LogP contribution in [0, 0.1) is 0 Å². The molecule has 1 aliphatic rings. The number of nitrogens with zero attached hydrogens (tertiary/aromatic N) is 2. The summed E-state index contributed by atoms with van der Waals surface area (Å²) >= 11 is 6.06. The fraction of sp³-hybridized carbons (Fsp3) is 0.643. The van der Waals surface area contributed by atoms with Gasteiger partial charge in [0.1, 0.15) is 5.82 Å². The quantitative estimate of drug-likeness (QED) is 0.906. The van der Waals surface area contributed by atoms with Gasteiger partial charge in [-0.25, -0.2) is 4.98 Å². The van der Waals surface area contributed by atoms with Gasteiger partial charge in [0.2, 0.25) is 0 Å². The second kappa shape index (κ2) is 4.93. The Morgan fingerprint density at radius 2 is 1.84 bits per heavy atom. The first-order chi connectivity index (χ1) is 8.72. The Kier molecular flexibility index (Phi) is 3.78. The van der Waals surface area contributed by atoms with Crippen LogP contribution >= 0.6 is 11.6 Å². The van der Waals surface area contributed by atoms with Gasteiger partial charge in [-0.2, -0.15) is 0 Å². The fourth-order valence-corrected chi connectivity index (χ4v) is 2.92. The van der Waals surface area contributed by atoms with Crippen LogP contribution in [0.5, 0.6) is 0 Å². The SMILES string of the molecule is CC1(C)CN(c2ccc(Cl)c(CN)n2)CC(C)(C)O1. The van der Waals surface area contributed by atoms with E-state index in [9.17, 15) is 0 Å². The molecule has 1 saturated heterocycles. The highest BCUT2D eigenvalue weighted by Crippen LogP contribution is 2.31. The number of hydrogen-bond donors (Lipinski definition) is 1. The van der Waals surface area contributed by atoms with Gasteiger partial charge < -0.3 is 15.4 Å². The zero-order valence-electron chi connectivity index (χ0n) is 12.0. The number of rotatable bonds is 2. The van der Waals surface area contributed by atoms with Crippen LogP contribution in [-0.4, -0.2) is 29.3 Å². The molecule has 1 aliphatic heterocycles. The van der Waals surface area contributed by atoms with Gasteiger partial charge >= 0.3 is 0 Å². The molecule has 0 aromatic carbocycles. The Balaban J connectivity index is 2.30. The van der Waals surface area contributed by atoms with E-state index in [1.165, 1.54) is 0 Å². The standard InChI is InChI=1S/C14H22ClN3O/c1-13(2)8-18(9-14(3,4)19-13)12-6-5-10(15)11(7-16)17-12/h5-6H,7-9,16H2,1-4H3. The van der Waals surface area contributed by atoms with Crippen LogP contribution in [0.3, 0.4) is 0 Å². The Bertz CT molecular complexity index is 458. The van der Waals surface area contributed by atoms with E-state index in [2.05, 4.69) is 37.6 Å². The van der Waals surface area contributed by atoms with Crippen molar-refractivity contribution in [3.05, 3.63) is 22.8 Å². The lowest BCUT2D eigenvalue weighted by atomic mass is 9.99. The predicted molar refractivity (Wildman–Crippen MR) is 78.6 cm³/mol. The first-order valence-electron chi connectivity index (χ1n) is 6.53. The normalized spacial score (nSPS) is 21.5. The van der Waals surface area contributed by atoms with Gasteiger partial charge in [-0.1, -0.05) is 11.6 Å². The third-order valence-corrected chi connectivity index (χ3v) is 3.46. The van der Waals surface area contributed by atoms with Gasteiger partial charge in [-0.05, 0) is 39.8 Å². The van der Waals surface area contributed by atoms with E-state index in [4.69, 9.17) is 22.1 Å². The van der Waals surface area contributed by atoms with Crippen molar-refractivity contribution in [3.63, 3.8) is 0 Å². The maximum Gasteiger partial charge on any atom is 0.129 e. The van der Waals surface area contributed by atoms with E-state index in [0.717, 1.165) is 24.6 Å². The van der Waals surface area contributed by atoms with Crippen LogP contribution in [0.2, 0.25) is 5.02 Å². The van der Waals surface area contributed by atoms with Gasteiger partial charge in [-0.3, -0.25) is 0 Å². The maximum atomic E-state index is 6.07. The summed E-state index contributed by atoms with van der Waals surface area (Å²) in [7, 11) is 0. The Morgan fingerprint density at radius 1 is 1.26 bits per heavy atom. The first-order valence-corrected chi connectivity index (χ1v) is 6.91. The molecule has 1 aromatic heterocycles. The smallest absolute Gasteiger partial charge is 0.129 e. The van der Waals surface area contributed by atoms with E-state index in [-0.39, 0.29) is 11.2 Å². The number of ether oxygens (including phenoxy) is 1. The maximum absolute atomic E-state index is 6.07. The van der Waals surface area contributed by atoms with Gasteiger partial charge in [0.15, 0.2) is 0 Å². The molecule has 0 radical (unpaired) electrons. The zero-order chi connectivity index (χ0) is 14.3. The van der Waals surface area contributed by atoms with Crippen LogP contribution in [0.1, 0.15) is 33.4 Å². The van der Waals surface area contributed by atoms with Gasteiger partial charge in [0.25, 0.3) is 0 Å². The van der Waals surface area contributed by atoms with Crippen LogP contribution in [-0.2, 0) is 11.3 Å². The molecule has 2 rings (SSSR count). The minimum Gasteiger partial charge on any atom is -0.366 e. The molecule has 19 heavy (non-hydrogen) atoms. The highest BCUT2D eigenvalue weighted by Gasteiger charge is 2.38. The molecule has 0 aliphatic carbocycles. The molecule has 0 unspecified atom stereocenters. The third kappa shape index (κ3) is 3.38. The van der Waals surface area contributed by atoms with Crippen LogP contribution < -0.4 is 10.6 Å². The molecule has 1 aromatic rings. The van der Waals surface area contributed by atoms with E-state index >= 15 is 0 Å². The number of aromatic nitrogens is 1. The molecule has 5 heteroatoms. The molecule has 0 saturated carbocycles. The number of pyridine rings is 1. The lowest BCUT2D eigenvalue weighted by Gasteiger charge is -2.47. The summed E-state index contributed by atoms with van der Waals surface area (Å²) in [6, 6.07) is 3.81. The van der Waals surface area contributed by atoms with Gasteiger partial charge in [0.05, 0.1) is 21.9 Å². The number of hydrogen-bond acceptors (Lipinski definition) is 4. The molecule has 0 amide bonds. The molecular weight excluding hydrogens is 262 g/mol. The van der Waals surface area contributed by atoms with E-state index in [0.29, 0.717) is 11.6 Å². The Labute approximate surface area is 119 Å². The topological polar surface area (TPSA) is 51.4 Å². The van der Waals surface area contributed by atoms with Crippen molar-refractivity contribution in [1.29, 1.82) is 0 Å². The van der Waals surface area contributed by atoms with E-state index in [1.807, 2.05) is 12.1 Å². The molecular formula is C14H22ClN3O. The molecule has 4 nitrogen and oxygen atoms in total. The average molecular weight is 284 g/mol. The molecule has 0 bridgehead atoms. The summed E-state index contributed by atoms with van der Waals surface area (Å²) in [5.74, 6) is 0.911. The van der Waals surface area contributed by atoms with Crippen molar-refractivity contribution in [2.45, 2.75) is 45.4 Å². The first kappa shape index (κ1) is 14.6. The van der Waals surface area contributed by atoms with Crippen molar-refractivity contribution < 1.29 is 4.74 Å². The van der Waals surface area contributed by atoms with Crippen molar-refractivity contribution in [2.75, 3.05) is 18.0 Å². The minimum absolute atomic E-state index is 0.202. The fourth-order valence-electron chi connectivity index (χ4n) is 2.74. The number of anilines is 1. The summed E-state index contributed by atoms with van der Waals surface area (Å²) < 4.78 is 6.07. The van der Waals surface area contributed by atoms with E-state index in [1.54, 1.807) is 0 Å². The zero-order valence-corrected chi connectivity index (χ0v) is 12.8. The van der Waals surface area contributed by atoms with Crippen LogP contribution in [0.15, 0.2) is 12.1 Å². The molecule has 1 fully saturated rings. The van der Waals surface area contributed by atoms with Crippen molar-refractivity contribution in [2.24, 2.45) is 5.73 Å². The van der Waals surface area contributed by atoms with Gasteiger partial charge in [0, 0.05) is 19.6 Å². The molecule has 0 spiro atoms. The predicted octanol–water partition coefficient (Wildman–Crippen LogP) is 2.59. The lowest BCUT2D eigenvalue weighted by Crippen LogP contribution is -2.57. The number of halogens is 1. The van der Waals surface area contributed by atoms with Crippen LogP contribution in [0.4, 0.5) is 5.82 Å². The van der Waals surface area contributed by atoms with Gasteiger partial charge in [-0.15, -0.1) is 0 Å². The van der Waals surface area contributed by atoms with Crippen LogP contribution in [0.25, 0.3) is 0 Å². The molecule has 106 valence electrons. The monoisotopic (exact) mass is 283 g/mol. The third-order valence-electron chi connectivity index (χ3n) is 3.12. The number of nitrogens with two attached hydrogens (primary N) is 1. The Hall–Kier alpha value is -0.840. The van der Waals surface area contributed by atoms with Crippen molar-refractivity contribution in [3.8, 4) is 0 Å². The van der Waals surface area contributed by atoms with Crippen molar-refractivity contribution >= 4 is 17.4 Å². The highest BCUT2D eigenvalue weighted by atomic mass is 35.5. The summed E-state index contributed by atoms with van der Waals surface area (Å²) in [5.41, 5.74) is 6.00. The minimum atomic E-state index is -0.202. The molecule has 2 heterocycles. The Morgan fingerprint density at radius 3 is 2.37 bits per heavy atom. The number of morpholine rings is 1. The molecule has 0 atom stereocenters. The largest absolute Gasteiger partial charge is 0.366 e. The summed E-state index contributed by atoms with van der Waals surface area (Å²) in [5, 5.41) is 0.623. The molecule has 2 N–H and O–H groups in total.